The molecule has 1 unspecified atom stereocenters. The van der Waals surface area contributed by atoms with Crippen LogP contribution in [-0.2, 0) is 19.2 Å². The Hall–Kier alpha value is 0.602. The molecule has 1 atom stereocenters. The van der Waals surface area contributed by atoms with Gasteiger partial charge in [0.25, 0.3) is 0 Å². The standard InChI is InChI=1S/C18H31ClP.Pd/c1-14(2)15-9-11-16(12-10-15)20(13-19,17(3,4)5)18(6,7)8;/h9-14,20H,1-8H3;. The Morgan fingerprint density at radius 3 is 1.52 bits per heavy atom. The van der Waals surface area contributed by atoms with Gasteiger partial charge in [0, 0.05) is 0 Å². The van der Waals surface area contributed by atoms with Gasteiger partial charge in [-0.25, -0.2) is 0 Å². The van der Waals surface area contributed by atoms with E-state index in [9.17, 15) is 0 Å². The zero-order valence-electron chi connectivity index (χ0n) is 14.7. The Morgan fingerprint density at radius 2 is 1.29 bits per heavy atom. The van der Waals surface area contributed by atoms with Crippen molar-refractivity contribution in [1.82, 2.24) is 0 Å². The molecule has 1 rings (SSSR count). The third-order valence-electron chi connectivity index (χ3n) is 4.70. The van der Waals surface area contributed by atoms with Crippen LogP contribution in [0.4, 0.5) is 0 Å². The molecule has 0 fully saturated rings. The van der Waals surface area contributed by atoms with E-state index in [0.29, 0.717) is 5.92 Å². The van der Waals surface area contributed by atoms with E-state index in [2.05, 4.69) is 98.9 Å². The molecule has 0 amide bonds. The molecule has 1 aromatic rings. The molecule has 0 aliphatic carbocycles. The molecule has 21 heavy (non-hydrogen) atoms. The van der Waals surface area contributed by atoms with Crippen LogP contribution in [0.25, 0.3) is 0 Å². The Balaban J connectivity index is 3.58. The minimum absolute atomic E-state index is 0.0467. The fourth-order valence-electron chi connectivity index (χ4n) is 3.84. The quantitative estimate of drug-likeness (QED) is 0.327. The molecule has 0 aliphatic rings. The zero-order valence-corrected chi connectivity index (χ0v) is 18.0. The maximum atomic E-state index is 6.80. The average Bonchev–Trinajstić information content (AvgIpc) is 2.25. The van der Waals surface area contributed by atoms with Gasteiger partial charge in [0.15, 0.2) is 0 Å². The van der Waals surface area contributed by atoms with Crippen LogP contribution in [0.1, 0.15) is 66.9 Å². The van der Waals surface area contributed by atoms with Gasteiger partial charge in [0.05, 0.1) is 0 Å². The Labute approximate surface area is 148 Å². The van der Waals surface area contributed by atoms with Crippen molar-refractivity contribution in [2.24, 2.45) is 0 Å². The van der Waals surface area contributed by atoms with Crippen molar-refractivity contribution in [3.05, 3.63) is 29.8 Å². The number of rotatable bonds is 3. The third kappa shape index (κ3) is 3.58. The van der Waals surface area contributed by atoms with Crippen molar-refractivity contribution in [1.29, 1.82) is 0 Å². The molecule has 0 bridgehead atoms. The summed E-state index contributed by atoms with van der Waals surface area (Å²) in [5.41, 5.74) is 1.40. The van der Waals surface area contributed by atoms with Gasteiger partial charge in [-0.1, -0.05) is 0 Å². The summed E-state index contributed by atoms with van der Waals surface area (Å²) >= 11 is 10.3. The van der Waals surface area contributed by atoms with E-state index < -0.39 is 7.26 Å². The molecule has 0 saturated carbocycles. The predicted octanol–water partition coefficient (Wildman–Crippen LogP) is 5.85. The van der Waals surface area contributed by atoms with E-state index >= 15 is 0 Å². The van der Waals surface area contributed by atoms with E-state index in [1.165, 1.54) is 10.9 Å². The summed E-state index contributed by atoms with van der Waals surface area (Å²) in [6.45, 7) is 18.6. The van der Waals surface area contributed by atoms with Crippen molar-refractivity contribution in [2.45, 2.75) is 75.2 Å². The summed E-state index contributed by atoms with van der Waals surface area (Å²) in [6, 6.07) is 9.24. The normalized spacial score (nSPS) is 16.2. The summed E-state index contributed by atoms with van der Waals surface area (Å²) in [6.07, 6.45) is 0. The van der Waals surface area contributed by atoms with Gasteiger partial charge < -0.3 is 0 Å². The summed E-state index contributed by atoms with van der Waals surface area (Å²) in [5, 5.41) is 1.81. The third-order valence-corrected chi connectivity index (χ3v) is 14.3. The van der Waals surface area contributed by atoms with Crippen molar-refractivity contribution in [2.75, 3.05) is 0 Å². The number of benzene rings is 1. The molecule has 125 valence electrons. The fraction of sp³-hybridized carbons (Fsp3) is 0.667. The van der Waals surface area contributed by atoms with Crippen LogP contribution < -0.4 is 5.30 Å². The molecular weight excluding hydrogens is 389 g/mol. The maximum absolute atomic E-state index is 6.80. The van der Waals surface area contributed by atoms with Crippen LogP contribution in [0, 0.1) is 0 Å². The molecule has 0 aliphatic heterocycles. The first-order chi connectivity index (χ1) is 9.35. The minimum atomic E-state index is -2.01. The van der Waals surface area contributed by atoms with E-state index in [1.807, 2.05) is 0 Å². The topological polar surface area (TPSA) is 0 Å². The van der Waals surface area contributed by atoms with Crippen molar-refractivity contribution in [3.8, 4) is 0 Å². The molecule has 0 aromatic heterocycles. The summed E-state index contributed by atoms with van der Waals surface area (Å²) < 4.78 is 0.0467. The molecule has 3 heteroatoms. The number of hydrogen-bond donors (Lipinski definition) is 0. The zero-order chi connectivity index (χ0) is 16.6. The SMILES string of the molecule is CC(C)c1ccc([PH]([CH](Cl)[Pd])(C(C)(C)C)C(C)(C)C)cc1. The Bertz CT molecular complexity index is 449. The number of alkyl halides is 1. The van der Waals surface area contributed by atoms with Crippen molar-refractivity contribution >= 4 is 24.2 Å². The second kappa shape index (κ2) is 6.61. The van der Waals surface area contributed by atoms with Crippen LogP contribution in [0.3, 0.4) is 0 Å². The summed E-state index contributed by atoms with van der Waals surface area (Å²) in [5.74, 6) is 0.567. The molecular formula is C18H31ClPPd. The van der Waals surface area contributed by atoms with Gasteiger partial charge in [-0.05, 0) is 0 Å². The molecule has 0 nitrogen and oxygen atoms in total. The monoisotopic (exact) mass is 419 g/mol. The fourth-order valence-corrected chi connectivity index (χ4v) is 17.1. The molecule has 0 saturated heterocycles. The van der Waals surface area contributed by atoms with Crippen molar-refractivity contribution in [3.63, 3.8) is 0 Å². The number of halogens is 1. The van der Waals surface area contributed by atoms with Gasteiger partial charge in [-0.2, -0.15) is 0 Å². The van der Waals surface area contributed by atoms with Gasteiger partial charge in [-0.15, -0.1) is 0 Å². The Kier molecular flexibility index (Phi) is 6.19. The van der Waals surface area contributed by atoms with E-state index in [-0.39, 0.29) is 13.9 Å². The first kappa shape index (κ1) is 19.6. The number of hydrogen-bond acceptors (Lipinski definition) is 0. The van der Waals surface area contributed by atoms with E-state index in [4.69, 9.17) is 11.6 Å². The van der Waals surface area contributed by atoms with E-state index in [1.54, 1.807) is 0 Å². The Morgan fingerprint density at radius 1 is 0.905 bits per heavy atom. The van der Waals surface area contributed by atoms with Gasteiger partial charge in [-0.3, -0.25) is 0 Å². The van der Waals surface area contributed by atoms with Crippen LogP contribution in [-0.4, -0.2) is 13.9 Å². The first-order valence-electron chi connectivity index (χ1n) is 7.70. The first-order valence-corrected chi connectivity index (χ1v) is 11.1. The van der Waals surface area contributed by atoms with Crippen molar-refractivity contribution < 1.29 is 19.2 Å². The molecule has 1 aromatic carbocycles. The van der Waals surface area contributed by atoms with Gasteiger partial charge >= 0.3 is 148 Å². The molecule has 0 spiro atoms. The second-order valence-electron chi connectivity index (χ2n) is 8.35. The van der Waals surface area contributed by atoms with Gasteiger partial charge in [0.2, 0.25) is 0 Å². The predicted molar refractivity (Wildman–Crippen MR) is 97.6 cm³/mol. The summed E-state index contributed by atoms with van der Waals surface area (Å²) in [7, 11) is -2.01. The molecule has 0 N–H and O–H groups in total. The summed E-state index contributed by atoms with van der Waals surface area (Å²) in [4.78, 5) is 0. The van der Waals surface area contributed by atoms with Crippen LogP contribution in [0.5, 0.6) is 0 Å². The molecule has 0 radical (unpaired) electrons. The molecule has 0 heterocycles. The second-order valence-corrected chi connectivity index (χ2v) is 17.1. The van der Waals surface area contributed by atoms with Crippen LogP contribution in [0.2, 0.25) is 0 Å². The van der Waals surface area contributed by atoms with E-state index in [0.717, 1.165) is 0 Å². The average molecular weight is 420 g/mol. The van der Waals surface area contributed by atoms with Crippen LogP contribution in [0.15, 0.2) is 24.3 Å². The van der Waals surface area contributed by atoms with Gasteiger partial charge in [0.1, 0.15) is 0 Å². The van der Waals surface area contributed by atoms with Crippen LogP contribution >= 0.6 is 18.9 Å².